The van der Waals surface area contributed by atoms with Crippen LogP contribution in [0.4, 0.5) is 5.69 Å². The second-order valence-electron chi connectivity index (χ2n) is 11.3. The first-order chi connectivity index (χ1) is 19.5. The maximum Gasteiger partial charge on any atom is 0.259 e. The molecule has 0 aliphatic carbocycles. The summed E-state index contributed by atoms with van der Waals surface area (Å²) < 4.78 is 0. The summed E-state index contributed by atoms with van der Waals surface area (Å²) >= 11 is 12.7. The molecule has 1 aliphatic rings. The van der Waals surface area contributed by atoms with E-state index in [2.05, 4.69) is 5.32 Å². The van der Waals surface area contributed by atoms with E-state index in [1.165, 1.54) is 9.80 Å². The van der Waals surface area contributed by atoms with Crippen molar-refractivity contribution in [3.63, 3.8) is 0 Å². The van der Waals surface area contributed by atoms with Crippen LogP contribution in [0.1, 0.15) is 42.3 Å². The number of hydrogen-bond acceptors (Lipinski definition) is 3. The van der Waals surface area contributed by atoms with Gasteiger partial charge in [0.25, 0.3) is 5.91 Å². The number of nitrogens with zero attached hydrogens (tertiary/aromatic N) is 2. The molecule has 8 heteroatoms. The molecular formula is C33H31Cl2N3O3. The number of benzene rings is 4. The van der Waals surface area contributed by atoms with Crippen LogP contribution < -0.4 is 10.2 Å². The molecule has 1 aliphatic heterocycles. The SMILES string of the molecule is CC(C)(C)NC(=O)C(Cc1ccccc1)N(Cc1ccc(Cl)cc1Cl)C(=O)CN1C(=O)c2cccc3cccc1c23. The van der Waals surface area contributed by atoms with E-state index in [1.807, 2.05) is 81.4 Å². The maximum atomic E-state index is 14.3. The van der Waals surface area contributed by atoms with Crippen LogP contribution in [-0.4, -0.2) is 40.7 Å². The van der Waals surface area contributed by atoms with Crippen molar-refractivity contribution in [3.05, 3.63) is 112 Å². The molecule has 0 spiro atoms. The van der Waals surface area contributed by atoms with Crippen LogP contribution in [0.15, 0.2) is 84.9 Å². The van der Waals surface area contributed by atoms with E-state index in [9.17, 15) is 14.4 Å². The zero-order valence-corrected chi connectivity index (χ0v) is 24.7. The van der Waals surface area contributed by atoms with Crippen LogP contribution in [0.2, 0.25) is 10.0 Å². The van der Waals surface area contributed by atoms with E-state index < -0.39 is 11.6 Å². The molecule has 0 bridgehead atoms. The van der Waals surface area contributed by atoms with Crippen molar-refractivity contribution in [1.29, 1.82) is 0 Å². The third kappa shape index (κ3) is 6.24. The lowest BCUT2D eigenvalue weighted by atomic mass is 10.0. The minimum absolute atomic E-state index is 0.0586. The minimum atomic E-state index is -0.869. The summed E-state index contributed by atoms with van der Waals surface area (Å²) in [4.78, 5) is 44.6. The third-order valence-electron chi connectivity index (χ3n) is 7.07. The fraction of sp³-hybridized carbons (Fsp3) is 0.242. The van der Waals surface area contributed by atoms with E-state index in [1.54, 1.807) is 24.3 Å². The summed E-state index contributed by atoms with van der Waals surface area (Å²) in [5.74, 6) is -0.912. The van der Waals surface area contributed by atoms with Gasteiger partial charge in [0.2, 0.25) is 11.8 Å². The molecule has 4 aromatic rings. The Kier molecular flexibility index (Phi) is 8.07. The fourth-order valence-corrected chi connectivity index (χ4v) is 5.67. The summed E-state index contributed by atoms with van der Waals surface area (Å²) in [6, 6.07) is 25.0. The van der Waals surface area contributed by atoms with Gasteiger partial charge in [0.05, 0.1) is 5.69 Å². The van der Waals surface area contributed by atoms with Crippen molar-refractivity contribution in [2.45, 2.75) is 45.3 Å². The Morgan fingerprint density at radius 3 is 2.32 bits per heavy atom. The maximum absolute atomic E-state index is 14.3. The highest BCUT2D eigenvalue weighted by molar-refractivity contribution is 6.35. The molecular weight excluding hydrogens is 557 g/mol. The second kappa shape index (κ2) is 11.6. The predicted molar refractivity (Wildman–Crippen MR) is 164 cm³/mol. The topological polar surface area (TPSA) is 69.7 Å². The molecule has 4 aromatic carbocycles. The Labute approximate surface area is 249 Å². The first kappa shape index (κ1) is 28.7. The molecule has 0 saturated carbocycles. The monoisotopic (exact) mass is 587 g/mol. The average Bonchev–Trinajstić information content (AvgIpc) is 3.19. The summed E-state index contributed by atoms with van der Waals surface area (Å²) in [6.45, 7) is 5.52. The Morgan fingerprint density at radius 2 is 1.63 bits per heavy atom. The van der Waals surface area contributed by atoms with Gasteiger partial charge in [-0.05, 0) is 61.5 Å². The zero-order valence-electron chi connectivity index (χ0n) is 23.2. The molecule has 1 unspecified atom stereocenters. The van der Waals surface area contributed by atoms with Gasteiger partial charge in [0.1, 0.15) is 12.6 Å². The number of nitrogens with one attached hydrogen (secondary N) is 1. The number of anilines is 1. The van der Waals surface area contributed by atoms with Crippen molar-refractivity contribution in [3.8, 4) is 0 Å². The molecule has 1 atom stereocenters. The largest absolute Gasteiger partial charge is 0.350 e. The van der Waals surface area contributed by atoms with E-state index in [0.29, 0.717) is 26.9 Å². The number of carbonyl (C=O) groups excluding carboxylic acids is 3. The molecule has 1 heterocycles. The van der Waals surface area contributed by atoms with Gasteiger partial charge < -0.3 is 10.2 Å². The Bertz CT molecular complexity index is 1630. The van der Waals surface area contributed by atoms with Crippen LogP contribution in [0.5, 0.6) is 0 Å². The third-order valence-corrected chi connectivity index (χ3v) is 7.65. The smallest absolute Gasteiger partial charge is 0.259 e. The van der Waals surface area contributed by atoms with Gasteiger partial charge in [-0.1, -0.05) is 83.9 Å². The van der Waals surface area contributed by atoms with E-state index >= 15 is 0 Å². The standard InChI is InChI=1S/C33H31Cl2N3O3/c1-33(2,3)36-31(40)28(17-21-9-5-4-6-10-21)37(19-23-15-16-24(34)18-26(23)35)29(39)20-38-27-14-8-12-22-11-7-13-25(30(22)27)32(38)41/h4-16,18,28H,17,19-20H2,1-3H3,(H,36,40). The number of halogens is 2. The van der Waals surface area contributed by atoms with Crippen molar-refractivity contribution < 1.29 is 14.4 Å². The highest BCUT2D eigenvalue weighted by atomic mass is 35.5. The van der Waals surface area contributed by atoms with Crippen LogP contribution in [0.3, 0.4) is 0 Å². The summed E-state index contributed by atoms with van der Waals surface area (Å²) in [7, 11) is 0. The normalized spacial score (nSPS) is 13.4. The minimum Gasteiger partial charge on any atom is -0.350 e. The number of rotatable bonds is 8. The summed E-state index contributed by atoms with van der Waals surface area (Å²) in [5, 5.41) is 5.66. The van der Waals surface area contributed by atoms with Gasteiger partial charge in [-0.15, -0.1) is 0 Å². The zero-order chi connectivity index (χ0) is 29.3. The summed E-state index contributed by atoms with van der Waals surface area (Å²) in [5.41, 5.74) is 2.25. The molecule has 210 valence electrons. The molecule has 0 fully saturated rings. The van der Waals surface area contributed by atoms with Crippen LogP contribution in [-0.2, 0) is 22.6 Å². The lowest BCUT2D eigenvalue weighted by Gasteiger charge is -2.35. The average molecular weight is 589 g/mol. The first-order valence-corrected chi connectivity index (χ1v) is 14.2. The molecule has 0 saturated heterocycles. The Morgan fingerprint density at radius 1 is 0.927 bits per heavy atom. The molecule has 5 rings (SSSR count). The second-order valence-corrected chi connectivity index (χ2v) is 12.1. The summed E-state index contributed by atoms with van der Waals surface area (Å²) in [6.07, 6.45) is 0.281. The van der Waals surface area contributed by atoms with Crippen molar-refractivity contribution in [2.24, 2.45) is 0 Å². The number of hydrogen-bond donors (Lipinski definition) is 1. The lowest BCUT2D eigenvalue weighted by Crippen LogP contribution is -2.56. The van der Waals surface area contributed by atoms with Gasteiger partial charge >= 0.3 is 0 Å². The van der Waals surface area contributed by atoms with Crippen molar-refractivity contribution >= 4 is 57.4 Å². The van der Waals surface area contributed by atoms with Crippen LogP contribution in [0, 0.1) is 0 Å². The van der Waals surface area contributed by atoms with Gasteiger partial charge in [-0.3, -0.25) is 19.3 Å². The molecule has 0 aromatic heterocycles. The predicted octanol–water partition coefficient (Wildman–Crippen LogP) is 6.66. The van der Waals surface area contributed by atoms with Crippen molar-refractivity contribution in [2.75, 3.05) is 11.4 Å². The van der Waals surface area contributed by atoms with E-state index in [0.717, 1.165) is 16.3 Å². The van der Waals surface area contributed by atoms with E-state index in [-0.39, 0.29) is 37.2 Å². The van der Waals surface area contributed by atoms with Gasteiger partial charge in [0, 0.05) is 39.5 Å². The number of amides is 3. The molecule has 1 N–H and O–H groups in total. The van der Waals surface area contributed by atoms with Crippen LogP contribution >= 0.6 is 23.2 Å². The highest BCUT2D eigenvalue weighted by Gasteiger charge is 2.36. The highest BCUT2D eigenvalue weighted by Crippen LogP contribution is 2.37. The Hall–Kier alpha value is -3.87. The fourth-order valence-electron chi connectivity index (χ4n) is 5.20. The molecule has 0 radical (unpaired) electrons. The van der Waals surface area contributed by atoms with Gasteiger partial charge in [-0.2, -0.15) is 0 Å². The first-order valence-electron chi connectivity index (χ1n) is 13.4. The molecule has 41 heavy (non-hydrogen) atoms. The van der Waals surface area contributed by atoms with E-state index in [4.69, 9.17) is 23.2 Å². The van der Waals surface area contributed by atoms with Gasteiger partial charge in [0.15, 0.2) is 0 Å². The molecule has 3 amide bonds. The van der Waals surface area contributed by atoms with Gasteiger partial charge in [-0.25, -0.2) is 0 Å². The Balaban J connectivity index is 1.54. The quantitative estimate of drug-likeness (QED) is 0.250. The molecule has 6 nitrogen and oxygen atoms in total. The van der Waals surface area contributed by atoms with Crippen LogP contribution in [0.25, 0.3) is 10.8 Å². The lowest BCUT2D eigenvalue weighted by molar-refractivity contribution is -0.140. The van der Waals surface area contributed by atoms with Crippen molar-refractivity contribution in [1.82, 2.24) is 10.2 Å². The number of carbonyl (C=O) groups is 3.